The molecular formula is C11H26NO3P. The molecule has 0 atom stereocenters. The molecule has 0 rings (SSSR count). The molecular weight excluding hydrogens is 225 g/mol. The van der Waals surface area contributed by atoms with E-state index in [0.29, 0.717) is 19.8 Å². The largest absolute Gasteiger partial charge is 0.405 e. The van der Waals surface area contributed by atoms with Crippen LogP contribution in [0.3, 0.4) is 0 Å². The summed E-state index contributed by atoms with van der Waals surface area (Å²) in [6.07, 6.45) is 4.80. The van der Waals surface area contributed by atoms with E-state index in [1.54, 1.807) is 0 Å². The maximum absolute atomic E-state index is 12.2. The molecule has 0 amide bonds. The Morgan fingerprint density at radius 2 is 1.44 bits per heavy atom. The average molecular weight is 251 g/mol. The van der Waals surface area contributed by atoms with Gasteiger partial charge in [0.05, 0.1) is 13.2 Å². The second-order valence-corrected chi connectivity index (χ2v) is 5.61. The van der Waals surface area contributed by atoms with Crippen molar-refractivity contribution in [2.75, 3.05) is 19.8 Å². The molecule has 0 fully saturated rings. The number of hydrogen-bond donors (Lipinski definition) is 1. The van der Waals surface area contributed by atoms with Crippen LogP contribution in [0.25, 0.3) is 0 Å². The number of rotatable bonds is 11. The van der Waals surface area contributed by atoms with Crippen LogP contribution in [-0.4, -0.2) is 19.8 Å². The SMILES string of the molecule is CCCCOP(=O)(NCCC)OCCCC. The van der Waals surface area contributed by atoms with E-state index in [2.05, 4.69) is 18.9 Å². The van der Waals surface area contributed by atoms with Crippen molar-refractivity contribution in [1.29, 1.82) is 0 Å². The molecule has 5 heteroatoms. The highest BCUT2D eigenvalue weighted by molar-refractivity contribution is 7.51. The van der Waals surface area contributed by atoms with Crippen LogP contribution >= 0.6 is 7.75 Å². The molecule has 0 unspecified atom stereocenters. The van der Waals surface area contributed by atoms with Crippen LogP contribution in [0.5, 0.6) is 0 Å². The van der Waals surface area contributed by atoms with Crippen molar-refractivity contribution in [3.63, 3.8) is 0 Å². The third kappa shape index (κ3) is 8.28. The Morgan fingerprint density at radius 1 is 0.938 bits per heavy atom. The van der Waals surface area contributed by atoms with E-state index in [9.17, 15) is 4.57 Å². The fourth-order valence-electron chi connectivity index (χ4n) is 1.04. The van der Waals surface area contributed by atoms with Gasteiger partial charge in [-0.15, -0.1) is 0 Å². The first-order valence-corrected chi connectivity index (χ1v) is 7.87. The van der Waals surface area contributed by atoms with E-state index in [0.717, 1.165) is 32.1 Å². The van der Waals surface area contributed by atoms with Crippen LogP contribution in [0.2, 0.25) is 0 Å². The standard InChI is InChI=1S/C11H26NO3P/c1-4-7-10-14-16(13,12-9-6-3)15-11-8-5-2/h4-11H2,1-3H3,(H,12,13). The Hall–Kier alpha value is 0.110. The lowest BCUT2D eigenvalue weighted by Gasteiger charge is -2.18. The van der Waals surface area contributed by atoms with Gasteiger partial charge in [0.2, 0.25) is 0 Å². The molecule has 4 nitrogen and oxygen atoms in total. The summed E-state index contributed by atoms with van der Waals surface area (Å²) < 4.78 is 22.8. The minimum atomic E-state index is -3.05. The van der Waals surface area contributed by atoms with E-state index in [-0.39, 0.29) is 0 Å². The summed E-state index contributed by atoms with van der Waals surface area (Å²) in [6.45, 7) is 7.83. The van der Waals surface area contributed by atoms with Gasteiger partial charge in [0, 0.05) is 6.54 Å². The van der Waals surface area contributed by atoms with Crippen LogP contribution in [0, 0.1) is 0 Å². The highest BCUT2D eigenvalue weighted by Gasteiger charge is 2.22. The van der Waals surface area contributed by atoms with Crippen molar-refractivity contribution >= 4 is 7.75 Å². The summed E-state index contributed by atoms with van der Waals surface area (Å²) in [5.74, 6) is 0. The summed E-state index contributed by atoms with van der Waals surface area (Å²) in [4.78, 5) is 0. The normalized spacial score (nSPS) is 11.9. The zero-order chi connectivity index (χ0) is 12.3. The fourth-order valence-corrected chi connectivity index (χ4v) is 2.53. The molecule has 0 aromatic heterocycles. The average Bonchev–Trinajstić information content (AvgIpc) is 2.27. The minimum Gasteiger partial charge on any atom is -0.297 e. The Balaban J connectivity index is 3.97. The molecule has 0 aliphatic carbocycles. The Labute approximate surface area is 99.7 Å². The number of unbranched alkanes of at least 4 members (excludes halogenated alkanes) is 2. The molecule has 0 bridgehead atoms. The molecule has 0 spiro atoms. The maximum atomic E-state index is 12.2. The van der Waals surface area contributed by atoms with Crippen molar-refractivity contribution in [3.8, 4) is 0 Å². The monoisotopic (exact) mass is 251 g/mol. The summed E-state index contributed by atoms with van der Waals surface area (Å²) in [5.41, 5.74) is 0. The second-order valence-electron chi connectivity index (χ2n) is 3.78. The van der Waals surface area contributed by atoms with Crippen LogP contribution in [0.4, 0.5) is 0 Å². The highest BCUT2D eigenvalue weighted by atomic mass is 31.2. The van der Waals surface area contributed by atoms with Gasteiger partial charge in [-0.2, -0.15) is 0 Å². The van der Waals surface area contributed by atoms with Crippen molar-refractivity contribution in [1.82, 2.24) is 5.09 Å². The molecule has 0 heterocycles. The lowest BCUT2D eigenvalue weighted by molar-refractivity contribution is 0.191. The van der Waals surface area contributed by atoms with Gasteiger partial charge in [0.15, 0.2) is 0 Å². The second kappa shape index (κ2) is 10.3. The molecule has 0 saturated carbocycles. The zero-order valence-electron chi connectivity index (χ0n) is 10.8. The lowest BCUT2D eigenvalue weighted by atomic mass is 10.4. The number of nitrogens with one attached hydrogen (secondary N) is 1. The first-order valence-electron chi connectivity index (χ1n) is 6.32. The Bertz CT molecular complexity index is 186. The Kier molecular flexibility index (Phi) is 10.3. The quantitative estimate of drug-likeness (QED) is 0.449. The summed E-state index contributed by atoms with van der Waals surface area (Å²) in [7, 11) is -3.05. The highest BCUT2D eigenvalue weighted by Crippen LogP contribution is 2.43. The molecule has 0 aliphatic heterocycles. The Morgan fingerprint density at radius 3 is 1.81 bits per heavy atom. The van der Waals surface area contributed by atoms with Crippen LogP contribution in [0.15, 0.2) is 0 Å². The van der Waals surface area contributed by atoms with E-state index in [4.69, 9.17) is 9.05 Å². The number of hydrogen-bond acceptors (Lipinski definition) is 3. The van der Waals surface area contributed by atoms with Gasteiger partial charge in [-0.1, -0.05) is 33.6 Å². The van der Waals surface area contributed by atoms with Crippen LogP contribution < -0.4 is 5.09 Å². The maximum Gasteiger partial charge on any atom is 0.405 e. The van der Waals surface area contributed by atoms with Crippen LogP contribution in [-0.2, 0) is 13.6 Å². The molecule has 1 N–H and O–H groups in total. The van der Waals surface area contributed by atoms with E-state index >= 15 is 0 Å². The zero-order valence-corrected chi connectivity index (χ0v) is 11.7. The predicted octanol–water partition coefficient (Wildman–Crippen LogP) is 3.73. The molecule has 0 aromatic carbocycles. The molecule has 0 radical (unpaired) electrons. The third-order valence-electron chi connectivity index (χ3n) is 2.07. The predicted molar refractivity (Wildman–Crippen MR) is 67.6 cm³/mol. The fraction of sp³-hybridized carbons (Fsp3) is 1.00. The van der Waals surface area contributed by atoms with Gasteiger partial charge in [0.25, 0.3) is 0 Å². The van der Waals surface area contributed by atoms with Crippen molar-refractivity contribution in [3.05, 3.63) is 0 Å². The third-order valence-corrected chi connectivity index (χ3v) is 3.73. The lowest BCUT2D eigenvalue weighted by Crippen LogP contribution is -2.16. The molecule has 0 aliphatic rings. The molecule has 98 valence electrons. The molecule has 0 saturated heterocycles. The smallest absolute Gasteiger partial charge is 0.297 e. The van der Waals surface area contributed by atoms with Gasteiger partial charge >= 0.3 is 7.75 Å². The van der Waals surface area contributed by atoms with E-state index in [1.165, 1.54) is 0 Å². The summed E-state index contributed by atoms with van der Waals surface area (Å²) in [5, 5.41) is 2.87. The summed E-state index contributed by atoms with van der Waals surface area (Å²) >= 11 is 0. The first-order chi connectivity index (χ1) is 7.68. The van der Waals surface area contributed by atoms with Crippen molar-refractivity contribution in [2.45, 2.75) is 52.9 Å². The minimum absolute atomic E-state index is 0.497. The van der Waals surface area contributed by atoms with Gasteiger partial charge in [-0.25, -0.2) is 9.65 Å². The topological polar surface area (TPSA) is 47.6 Å². The van der Waals surface area contributed by atoms with Gasteiger partial charge in [-0.05, 0) is 19.3 Å². The van der Waals surface area contributed by atoms with E-state index < -0.39 is 7.75 Å². The van der Waals surface area contributed by atoms with Crippen LogP contribution in [0.1, 0.15) is 52.9 Å². The first kappa shape index (κ1) is 16.1. The van der Waals surface area contributed by atoms with E-state index in [1.807, 2.05) is 6.92 Å². The van der Waals surface area contributed by atoms with Crippen molar-refractivity contribution in [2.24, 2.45) is 0 Å². The van der Waals surface area contributed by atoms with Gasteiger partial charge in [0.1, 0.15) is 0 Å². The van der Waals surface area contributed by atoms with Gasteiger partial charge < -0.3 is 0 Å². The molecule has 16 heavy (non-hydrogen) atoms. The summed E-state index contributed by atoms with van der Waals surface area (Å²) in [6, 6.07) is 0. The van der Waals surface area contributed by atoms with Gasteiger partial charge in [-0.3, -0.25) is 9.05 Å². The molecule has 0 aromatic rings. The van der Waals surface area contributed by atoms with Crippen molar-refractivity contribution < 1.29 is 13.6 Å².